The second-order valence-corrected chi connectivity index (χ2v) is 6.69. The lowest BCUT2D eigenvalue weighted by Crippen LogP contribution is -2.43. The number of carbonyl (C=O) groups is 1. The van der Waals surface area contributed by atoms with E-state index in [0.29, 0.717) is 24.7 Å². The van der Waals surface area contributed by atoms with Crippen molar-refractivity contribution in [2.75, 3.05) is 20.2 Å². The second-order valence-electron chi connectivity index (χ2n) is 6.69. The molecule has 0 spiro atoms. The lowest BCUT2D eigenvalue weighted by molar-refractivity contribution is -0.131. The van der Waals surface area contributed by atoms with E-state index in [0.717, 1.165) is 11.0 Å². The summed E-state index contributed by atoms with van der Waals surface area (Å²) in [6.07, 6.45) is -0.252. The quantitative estimate of drug-likeness (QED) is 0.703. The Labute approximate surface area is 156 Å². The summed E-state index contributed by atoms with van der Waals surface area (Å²) in [6.45, 7) is 0.746. The SMILES string of the molecule is CN(C[C@@H]1COc2ccccc2O1)C(=O)Cn1c(=O)n(C)c2ccccc21. The van der Waals surface area contributed by atoms with Crippen molar-refractivity contribution in [2.45, 2.75) is 12.6 Å². The molecule has 7 nitrogen and oxygen atoms in total. The van der Waals surface area contributed by atoms with Crippen molar-refractivity contribution in [3.8, 4) is 11.5 Å². The third-order valence-corrected chi connectivity index (χ3v) is 4.82. The number of fused-ring (bicyclic) bond motifs is 2. The molecule has 0 saturated carbocycles. The van der Waals surface area contributed by atoms with Crippen molar-refractivity contribution in [3.63, 3.8) is 0 Å². The molecular formula is C20H21N3O4. The number of aromatic nitrogens is 2. The fourth-order valence-corrected chi connectivity index (χ4v) is 3.33. The van der Waals surface area contributed by atoms with Gasteiger partial charge in [-0.05, 0) is 24.3 Å². The summed E-state index contributed by atoms with van der Waals surface area (Å²) in [7, 11) is 3.42. The van der Waals surface area contributed by atoms with Gasteiger partial charge < -0.3 is 14.4 Å². The third-order valence-electron chi connectivity index (χ3n) is 4.82. The van der Waals surface area contributed by atoms with Gasteiger partial charge in [0.05, 0.1) is 17.6 Å². The van der Waals surface area contributed by atoms with Crippen LogP contribution in [0.4, 0.5) is 0 Å². The predicted molar refractivity (Wildman–Crippen MR) is 101 cm³/mol. The van der Waals surface area contributed by atoms with Crippen LogP contribution in [0.1, 0.15) is 0 Å². The molecule has 0 aliphatic carbocycles. The fourth-order valence-electron chi connectivity index (χ4n) is 3.33. The molecule has 1 aliphatic heterocycles. The molecule has 2 heterocycles. The summed E-state index contributed by atoms with van der Waals surface area (Å²) in [5.41, 5.74) is 1.35. The van der Waals surface area contributed by atoms with Crippen LogP contribution in [-0.4, -0.2) is 46.2 Å². The highest BCUT2D eigenvalue weighted by Crippen LogP contribution is 2.30. The highest BCUT2D eigenvalue weighted by atomic mass is 16.6. The number of nitrogens with zero attached hydrogens (tertiary/aromatic N) is 3. The summed E-state index contributed by atoms with van der Waals surface area (Å²) in [5.74, 6) is 1.24. The molecular weight excluding hydrogens is 346 g/mol. The molecule has 140 valence electrons. The number of ether oxygens (including phenoxy) is 2. The first-order chi connectivity index (χ1) is 13.0. The van der Waals surface area contributed by atoms with Crippen molar-refractivity contribution in [1.82, 2.24) is 14.0 Å². The number of likely N-dealkylation sites (N-methyl/N-ethyl adjacent to an activating group) is 1. The molecule has 0 radical (unpaired) electrons. The molecule has 0 unspecified atom stereocenters. The standard InChI is InChI=1S/C20H21N3O4/c1-21(11-14-13-26-17-9-5-6-10-18(17)27-14)19(24)12-23-16-8-4-3-7-15(16)22(2)20(23)25/h3-10,14H,11-13H2,1-2H3/t14-/m1/s1. The molecule has 4 rings (SSSR count). The average Bonchev–Trinajstić information content (AvgIpc) is 2.93. The highest BCUT2D eigenvalue weighted by molar-refractivity contribution is 5.80. The Morgan fingerprint density at radius 2 is 1.78 bits per heavy atom. The minimum absolute atomic E-state index is 0.0130. The number of para-hydroxylation sites is 4. The van der Waals surface area contributed by atoms with Gasteiger partial charge in [0.2, 0.25) is 5.91 Å². The van der Waals surface area contributed by atoms with E-state index >= 15 is 0 Å². The van der Waals surface area contributed by atoms with Gasteiger partial charge in [-0.15, -0.1) is 0 Å². The number of imidazole rings is 1. The van der Waals surface area contributed by atoms with Gasteiger partial charge in [-0.1, -0.05) is 24.3 Å². The summed E-state index contributed by atoms with van der Waals surface area (Å²) < 4.78 is 14.7. The monoisotopic (exact) mass is 367 g/mol. The summed E-state index contributed by atoms with van der Waals surface area (Å²) in [6, 6.07) is 14.9. The largest absolute Gasteiger partial charge is 0.486 e. The number of hydrogen-bond acceptors (Lipinski definition) is 4. The first kappa shape index (κ1) is 17.2. The van der Waals surface area contributed by atoms with Crippen molar-refractivity contribution in [1.29, 1.82) is 0 Å². The van der Waals surface area contributed by atoms with E-state index in [1.807, 2.05) is 48.5 Å². The zero-order valence-electron chi connectivity index (χ0n) is 15.3. The van der Waals surface area contributed by atoms with Crippen LogP contribution < -0.4 is 15.2 Å². The number of carbonyl (C=O) groups excluding carboxylic acids is 1. The lowest BCUT2D eigenvalue weighted by Gasteiger charge is -2.29. The van der Waals surface area contributed by atoms with Gasteiger partial charge in [0.25, 0.3) is 0 Å². The van der Waals surface area contributed by atoms with Crippen molar-refractivity contribution in [2.24, 2.45) is 7.05 Å². The van der Waals surface area contributed by atoms with Crippen LogP contribution >= 0.6 is 0 Å². The van der Waals surface area contributed by atoms with Crippen LogP contribution in [0.5, 0.6) is 11.5 Å². The summed E-state index contributed by atoms with van der Waals surface area (Å²) >= 11 is 0. The molecule has 1 aromatic heterocycles. The normalized spacial score (nSPS) is 15.7. The van der Waals surface area contributed by atoms with E-state index in [1.54, 1.807) is 23.6 Å². The molecule has 0 saturated heterocycles. The van der Waals surface area contributed by atoms with E-state index in [4.69, 9.17) is 9.47 Å². The molecule has 2 aromatic carbocycles. The zero-order chi connectivity index (χ0) is 19.0. The van der Waals surface area contributed by atoms with Crippen LogP contribution in [0.3, 0.4) is 0 Å². The van der Waals surface area contributed by atoms with Gasteiger partial charge in [0.1, 0.15) is 13.2 Å². The Morgan fingerprint density at radius 3 is 2.56 bits per heavy atom. The van der Waals surface area contributed by atoms with E-state index in [-0.39, 0.29) is 24.2 Å². The Bertz CT molecular complexity index is 1050. The van der Waals surface area contributed by atoms with Gasteiger partial charge in [0.15, 0.2) is 17.6 Å². The van der Waals surface area contributed by atoms with Gasteiger partial charge in [0, 0.05) is 14.1 Å². The van der Waals surface area contributed by atoms with Crippen LogP contribution in [-0.2, 0) is 18.4 Å². The molecule has 1 atom stereocenters. The predicted octanol–water partition coefficient (Wildman–Crippen LogP) is 1.64. The lowest BCUT2D eigenvalue weighted by atomic mass is 10.2. The number of amides is 1. The molecule has 1 aliphatic rings. The fraction of sp³-hybridized carbons (Fsp3) is 0.300. The number of aryl methyl sites for hydroxylation is 1. The first-order valence-corrected chi connectivity index (χ1v) is 8.81. The Balaban J connectivity index is 1.47. The summed E-state index contributed by atoms with van der Waals surface area (Å²) in [5, 5.41) is 0. The maximum Gasteiger partial charge on any atom is 0.329 e. The smallest absolute Gasteiger partial charge is 0.329 e. The molecule has 7 heteroatoms. The van der Waals surface area contributed by atoms with E-state index in [1.165, 1.54) is 4.57 Å². The topological polar surface area (TPSA) is 65.7 Å². The maximum absolute atomic E-state index is 12.7. The van der Waals surface area contributed by atoms with Gasteiger partial charge >= 0.3 is 5.69 Å². The van der Waals surface area contributed by atoms with Crippen molar-refractivity contribution < 1.29 is 14.3 Å². The molecule has 0 fully saturated rings. The Hall–Kier alpha value is -3.22. The minimum atomic E-state index is -0.252. The first-order valence-electron chi connectivity index (χ1n) is 8.81. The van der Waals surface area contributed by atoms with Crippen LogP contribution in [0.25, 0.3) is 11.0 Å². The Kier molecular flexibility index (Phi) is 4.35. The highest BCUT2D eigenvalue weighted by Gasteiger charge is 2.24. The van der Waals surface area contributed by atoms with E-state index in [2.05, 4.69) is 0 Å². The van der Waals surface area contributed by atoms with Crippen LogP contribution in [0.2, 0.25) is 0 Å². The van der Waals surface area contributed by atoms with E-state index < -0.39 is 0 Å². The minimum Gasteiger partial charge on any atom is -0.486 e. The van der Waals surface area contributed by atoms with Crippen LogP contribution in [0, 0.1) is 0 Å². The molecule has 27 heavy (non-hydrogen) atoms. The number of rotatable bonds is 4. The Morgan fingerprint density at radius 1 is 1.11 bits per heavy atom. The number of benzene rings is 2. The number of hydrogen-bond donors (Lipinski definition) is 0. The van der Waals surface area contributed by atoms with E-state index in [9.17, 15) is 9.59 Å². The van der Waals surface area contributed by atoms with Gasteiger partial charge in [-0.2, -0.15) is 0 Å². The zero-order valence-corrected chi connectivity index (χ0v) is 15.3. The van der Waals surface area contributed by atoms with Crippen molar-refractivity contribution in [3.05, 3.63) is 59.0 Å². The van der Waals surface area contributed by atoms with Gasteiger partial charge in [-0.25, -0.2) is 4.79 Å². The molecule has 1 amide bonds. The molecule has 3 aromatic rings. The average molecular weight is 367 g/mol. The van der Waals surface area contributed by atoms with Crippen molar-refractivity contribution >= 4 is 16.9 Å². The van der Waals surface area contributed by atoms with Crippen LogP contribution in [0.15, 0.2) is 53.3 Å². The van der Waals surface area contributed by atoms with Gasteiger partial charge in [-0.3, -0.25) is 13.9 Å². The molecule has 0 bridgehead atoms. The third kappa shape index (κ3) is 3.16. The summed E-state index contributed by atoms with van der Waals surface area (Å²) in [4.78, 5) is 26.8. The maximum atomic E-state index is 12.7. The second kappa shape index (κ2) is 6.83. The molecule has 0 N–H and O–H groups in total.